The molecular formula is H6CeCrO6. The molecule has 6 N–H and O–H groups in total. The van der Waals surface area contributed by atoms with Gasteiger partial charge in [-0.1, -0.05) is 0 Å². The summed E-state index contributed by atoms with van der Waals surface area (Å²) < 4.78 is 0. The molecule has 0 heterocycles. The van der Waals surface area contributed by atoms with Gasteiger partial charge in [-0.2, -0.15) is 0 Å². The monoisotopic (exact) mass is 294 g/mol. The zero-order chi connectivity index (χ0) is 0. The van der Waals surface area contributed by atoms with Gasteiger partial charge in [0.1, 0.15) is 0 Å². The van der Waals surface area contributed by atoms with E-state index in [4.69, 9.17) is 0 Å². The quantitative estimate of drug-likeness (QED) is 0.548. The Balaban J connectivity index is 0. The fourth-order valence-corrected chi connectivity index (χ4v) is 0. The zero-order valence-electron chi connectivity index (χ0n) is 3.59. The summed E-state index contributed by atoms with van der Waals surface area (Å²) in [6, 6.07) is 0. The van der Waals surface area contributed by atoms with Gasteiger partial charge >= 0.3 is 59.1 Å². The summed E-state index contributed by atoms with van der Waals surface area (Å²) >= 11 is 0. The van der Waals surface area contributed by atoms with Crippen molar-refractivity contribution in [1.29, 1.82) is 0 Å². The van der Waals surface area contributed by atoms with Crippen LogP contribution in [0.25, 0.3) is 0 Å². The maximum absolute atomic E-state index is 0. The van der Waals surface area contributed by atoms with Crippen molar-refractivity contribution < 1.29 is 92.0 Å². The molecule has 0 amide bonds. The molecule has 0 aliphatic rings. The smallest absolute Gasteiger partial charge is 0.870 e. The molecule has 0 saturated heterocycles. The van der Waals surface area contributed by atoms with Crippen molar-refractivity contribution in [2.24, 2.45) is 0 Å². The molecule has 8 heavy (non-hydrogen) atoms. The van der Waals surface area contributed by atoms with E-state index in [0.29, 0.717) is 0 Å². The van der Waals surface area contributed by atoms with Crippen LogP contribution < -0.4 is 0 Å². The van der Waals surface area contributed by atoms with Crippen molar-refractivity contribution in [1.82, 2.24) is 0 Å². The minimum atomic E-state index is 0. The Morgan fingerprint density at radius 2 is 0.375 bits per heavy atom. The topological polar surface area (TPSA) is 180 Å². The average Bonchev–Trinajstić information content (AvgIpc) is 0. The Morgan fingerprint density at radius 1 is 0.375 bits per heavy atom. The summed E-state index contributed by atoms with van der Waals surface area (Å²) in [6.07, 6.45) is 0. The van der Waals surface area contributed by atoms with Crippen LogP contribution in [0.1, 0.15) is 0 Å². The third kappa shape index (κ3) is 122. The number of rotatable bonds is 0. The Bertz CT molecular complexity index is 8.49. The first-order valence-electron chi connectivity index (χ1n) is 0. The third-order valence-electron chi connectivity index (χ3n) is 0. The molecule has 8 heteroatoms. The molecule has 0 bridgehead atoms. The number of hydrogen-bond acceptors (Lipinski definition) is 6. The predicted octanol–water partition coefficient (Wildman–Crippen LogP) is -1.06. The van der Waals surface area contributed by atoms with Gasteiger partial charge < -0.3 is 32.9 Å². The van der Waals surface area contributed by atoms with Crippen molar-refractivity contribution in [3.8, 4) is 0 Å². The summed E-state index contributed by atoms with van der Waals surface area (Å²) in [5.74, 6) is 0. The van der Waals surface area contributed by atoms with E-state index in [2.05, 4.69) is 0 Å². The molecular weight excluding hydrogens is 288 g/mol. The van der Waals surface area contributed by atoms with Gasteiger partial charge in [0.2, 0.25) is 0 Å². The summed E-state index contributed by atoms with van der Waals surface area (Å²) in [6.45, 7) is 0. The van der Waals surface area contributed by atoms with E-state index in [0.717, 1.165) is 0 Å². The molecule has 0 aromatic carbocycles. The molecule has 52 valence electrons. The van der Waals surface area contributed by atoms with Gasteiger partial charge in [-0.3, -0.25) is 0 Å². The molecule has 0 spiro atoms. The SMILES string of the molecule is [Ce+3].[Cr+3].[OH-].[OH-].[OH-].[OH-].[OH-].[OH-]. The Kier molecular flexibility index (Phi) is 5970. The van der Waals surface area contributed by atoms with Gasteiger partial charge in [0.15, 0.2) is 0 Å². The van der Waals surface area contributed by atoms with E-state index >= 15 is 0 Å². The van der Waals surface area contributed by atoms with Crippen LogP contribution in [-0.4, -0.2) is 32.9 Å². The first-order chi connectivity index (χ1) is 0. The van der Waals surface area contributed by atoms with Crippen molar-refractivity contribution >= 4 is 0 Å². The van der Waals surface area contributed by atoms with E-state index in [-0.39, 0.29) is 92.0 Å². The first-order valence-corrected chi connectivity index (χ1v) is 0. The largest absolute Gasteiger partial charge is 3.00 e. The molecule has 0 unspecified atom stereocenters. The second kappa shape index (κ2) is 183. The van der Waals surface area contributed by atoms with E-state index in [9.17, 15) is 0 Å². The van der Waals surface area contributed by atoms with Crippen LogP contribution in [0.3, 0.4) is 0 Å². The summed E-state index contributed by atoms with van der Waals surface area (Å²) in [4.78, 5) is 0. The average molecular weight is 294 g/mol. The molecule has 2 radical (unpaired) electrons. The molecule has 0 aromatic heterocycles. The van der Waals surface area contributed by atoms with Crippen molar-refractivity contribution in [2.45, 2.75) is 0 Å². The summed E-state index contributed by atoms with van der Waals surface area (Å²) in [5, 5.41) is 0. The van der Waals surface area contributed by atoms with Gasteiger partial charge in [0.05, 0.1) is 0 Å². The summed E-state index contributed by atoms with van der Waals surface area (Å²) in [7, 11) is 0. The maximum Gasteiger partial charge on any atom is 3.00 e. The van der Waals surface area contributed by atoms with Crippen LogP contribution >= 0.6 is 0 Å². The van der Waals surface area contributed by atoms with Crippen LogP contribution in [0, 0.1) is 41.7 Å². The Morgan fingerprint density at radius 3 is 0.375 bits per heavy atom. The second-order valence-corrected chi connectivity index (χ2v) is 0. The predicted molar refractivity (Wildman–Crippen MR) is 11.6 cm³/mol. The number of hydrogen-bond donors (Lipinski definition) is 0. The summed E-state index contributed by atoms with van der Waals surface area (Å²) in [5.41, 5.74) is 0. The molecule has 0 saturated carbocycles. The molecule has 0 rings (SSSR count). The minimum absolute atomic E-state index is 0. The van der Waals surface area contributed by atoms with Crippen molar-refractivity contribution in [3.63, 3.8) is 0 Å². The fourth-order valence-electron chi connectivity index (χ4n) is 0. The van der Waals surface area contributed by atoms with Crippen LogP contribution in [0.4, 0.5) is 0 Å². The van der Waals surface area contributed by atoms with Gasteiger partial charge in [-0.05, 0) is 0 Å². The van der Waals surface area contributed by atoms with E-state index < -0.39 is 0 Å². The molecule has 0 aliphatic carbocycles. The van der Waals surface area contributed by atoms with E-state index in [1.54, 1.807) is 0 Å². The standard InChI is InChI=1S/Ce.Cr.6H2O/h;;6*1H2/q2*+3;;;;;;/p-6. The Hall–Kier alpha value is 1.67. The van der Waals surface area contributed by atoms with Crippen molar-refractivity contribution in [2.75, 3.05) is 0 Å². The molecule has 0 fully saturated rings. The normalized spacial score (nSPS) is 0. The maximum atomic E-state index is 0. The van der Waals surface area contributed by atoms with Crippen molar-refractivity contribution in [3.05, 3.63) is 0 Å². The second-order valence-electron chi connectivity index (χ2n) is 0. The van der Waals surface area contributed by atoms with Crippen LogP contribution in [-0.2, 0) is 17.4 Å². The van der Waals surface area contributed by atoms with E-state index in [1.165, 1.54) is 0 Å². The van der Waals surface area contributed by atoms with Gasteiger partial charge in [0, 0.05) is 0 Å². The zero-order valence-corrected chi connectivity index (χ0v) is 8.01. The van der Waals surface area contributed by atoms with Gasteiger partial charge in [0.25, 0.3) is 0 Å². The van der Waals surface area contributed by atoms with Gasteiger partial charge in [-0.25, -0.2) is 0 Å². The molecule has 0 aliphatic heterocycles. The van der Waals surface area contributed by atoms with Gasteiger partial charge in [-0.15, -0.1) is 0 Å². The molecule has 0 atom stereocenters. The minimum Gasteiger partial charge on any atom is -0.870 e. The third-order valence-corrected chi connectivity index (χ3v) is 0. The Labute approximate surface area is 91.0 Å². The van der Waals surface area contributed by atoms with Crippen LogP contribution in [0.15, 0.2) is 0 Å². The van der Waals surface area contributed by atoms with Crippen LogP contribution in [0.5, 0.6) is 0 Å². The molecule has 6 nitrogen and oxygen atoms in total. The first kappa shape index (κ1) is 261. The van der Waals surface area contributed by atoms with Crippen LogP contribution in [0.2, 0.25) is 0 Å². The molecule has 0 aromatic rings. The van der Waals surface area contributed by atoms with E-state index in [1.807, 2.05) is 0 Å². The fraction of sp³-hybridized carbons (Fsp3) is 0.